The summed E-state index contributed by atoms with van der Waals surface area (Å²) in [6.45, 7) is 41.5. The van der Waals surface area contributed by atoms with Crippen LogP contribution in [0.15, 0.2) is 197 Å². The molecule has 0 spiro atoms. The van der Waals surface area contributed by atoms with Crippen molar-refractivity contribution >= 4 is 0 Å². The molecule has 0 saturated heterocycles. The van der Waals surface area contributed by atoms with E-state index in [2.05, 4.69) is 136 Å². The van der Waals surface area contributed by atoms with Crippen LogP contribution in [-0.4, -0.2) is 89.7 Å². The molecule has 20 heteroatoms. The molecule has 12 aromatic rings. The van der Waals surface area contributed by atoms with Crippen molar-refractivity contribution in [2.24, 2.45) is 0 Å². The predicted octanol–water partition coefficient (Wildman–Crippen LogP) is 14.5. The van der Waals surface area contributed by atoms with Crippen molar-refractivity contribution in [3.63, 3.8) is 0 Å². The van der Waals surface area contributed by atoms with Gasteiger partial charge in [-0.15, -0.1) is 0 Å². The van der Waals surface area contributed by atoms with Crippen LogP contribution in [0.2, 0.25) is 0 Å². The van der Waals surface area contributed by atoms with Crippen molar-refractivity contribution in [2.75, 3.05) is 0 Å². The standard InChI is InChI=1S/C8H11N.2C7H9N.5C6H8N2.C6H7NO.C6H7N.2C5H6N2/c1-6-4-7(2)9-8(3)5-6;1-6-3-4-8-5-7(6)2;1-6-3-4-8-7(2)5-6;1-5-3-7-4-8-6(5)2;1-5-3-6(2)8-4-7-5;1-5-3-7-6(2)8-4-5;2*1-5-3-4-7-6(2)8-5;1-6-2-4-7(8)5-3-6;1-6-2-4-7-5-3-6;1-5-2-3-6-4-7-5;1-5-6-3-2-4-7-5/h4-5H,1-3H3;2*3-5H,1-2H3;5*3-4H,1-2H3;2-5H,1H3;2-5H,1H3;2*2-4H,1H3. The Labute approximate surface area is 558 Å². The maximum atomic E-state index is 10.3. The van der Waals surface area contributed by atoms with Crippen molar-refractivity contribution in [1.82, 2.24) is 89.7 Å². The molecule has 12 aromatic heterocycles. The van der Waals surface area contributed by atoms with Crippen molar-refractivity contribution in [3.8, 4) is 0 Å². The van der Waals surface area contributed by atoms with Crippen LogP contribution < -0.4 is 4.73 Å². The van der Waals surface area contributed by atoms with Crippen LogP contribution in [0.3, 0.4) is 0 Å². The lowest BCUT2D eigenvalue weighted by Gasteiger charge is -1.96. The highest BCUT2D eigenvalue weighted by atomic mass is 16.5. The van der Waals surface area contributed by atoms with Crippen LogP contribution in [-0.2, 0) is 0 Å². The van der Waals surface area contributed by atoms with E-state index in [1.807, 2.05) is 203 Å². The van der Waals surface area contributed by atoms with Gasteiger partial charge in [-0.05, 0) is 263 Å². The molecule has 0 atom stereocenters. The average Bonchev–Trinajstić information content (AvgIpc) is 3.48. The first kappa shape index (κ1) is 81.1. The lowest BCUT2D eigenvalue weighted by Crippen LogP contribution is -2.23. The third-order valence-corrected chi connectivity index (χ3v) is 11.7. The van der Waals surface area contributed by atoms with Gasteiger partial charge in [0.2, 0.25) is 0 Å². The molecule has 94 heavy (non-hydrogen) atoms. The minimum atomic E-state index is 0.771. The van der Waals surface area contributed by atoms with E-state index in [0.29, 0.717) is 0 Å². The summed E-state index contributed by atoms with van der Waals surface area (Å²) in [5.74, 6) is 3.33. The first-order valence-corrected chi connectivity index (χ1v) is 30.1. The average molecular weight is 1270 g/mol. The minimum absolute atomic E-state index is 0.771. The summed E-state index contributed by atoms with van der Waals surface area (Å²) in [5, 5.41) is 10.3. The normalized spacial score (nSPS) is 9.16. The fourth-order valence-corrected chi connectivity index (χ4v) is 6.57. The summed E-state index contributed by atoms with van der Waals surface area (Å²) in [6, 6.07) is 27.1. The molecule has 0 aromatic carbocycles. The number of rotatable bonds is 0. The predicted molar refractivity (Wildman–Crippen MR) is 376 cm³/mol. The molecule has 20 nitrogen and oxygen atoms in total. The molecule has 0 N–H and O–H groups in total. The van der Waals surface area contributed by atoms with Crippen molar-refractivity contribution in [2.45, 2.75) is 145 Å². The van der Waals surface area contributed by atoms with Crippen molar-refractivity contribution in [3.05, 3.63) is 321 Å². The molecule has 0 amide bonds. The number of aryl methyl sites for hydroxylation is 21. The first-order chi connectivity index (χ1) is 44.7. The lowest BCUT2D eigenvalue weighted by atomic mass is 10.2. The molecule has 492 valence electrons. The van der Waals surface area contributed by atoms with E-state index >= 15 is 0 Å². The zero-order valence-corrected chi connectivity index (χ0v) is 58.9. The second-order valence-corrected chi connectivity index (χ2v) is 21.2. The van der Waals surface area contributed by atoms with Gasteiger partial charge in [-0.25, -0.2) is 69.8 Å². The van der Waals surface area contributed by atoms with Gasteiger partial charge in [0.05, 0.1) is 0 Å². The Morgan fingerprint density at radius 2 is 0.691 bits per heavy atom. The Morgan fingerprint density at radius 1 is 0.255 bits per heavy atom. The molecule has 0 aliphatic rings. The highest BCUT2D eigenvalue weighted by molar-refractivity contribution is 5.20. The number of pyridine rings is 5. The van der Waals surface area contributed by atoms with Gasteiger partial charge in [-0.1, -0.05) is 0 Å². The van der Waals surface area contributed by atoms with Gasteiger partial charge in [0.15, 0.2) is 12.4 Å². The topological polar surface area (TPSA) is 259 Å². The number of hydrogen-bond acceptors (Lipinski definition) is 19. The quantitative estimate of drug-likeness (QED) is 0.101. The highest BCUT2D eigenvalue weighted by Gasteiger charge is 1.92. The smallest absolute Gasteiger partial charge is 0.180 e. The van der Waals surface area contributed by atoms with Gasteiger partial charge in [0, 0.05) is 144 Å². The zero-order valence-electron chi connectivity index (χ0n) is 58.9. The molecular formula is C74H95N19O. The second-order valence-electron chi connectivity index (χ2n) is 21.2. The van der Waals surface area contributed by atoms with Gasteiger partial charge in [0.1, 0.15) is 42.3 Å². The van der Waals surface area contributed by atoms with Crippen LogP contribution in [0.4, 0.5) is 0 Å². The monoisotopic (exact) mass is 1270 g/mol. The van der Waals surface area contributed by atoms with Gasteiger partial charge < -0.3 is 5.21 Å². The molecule has 0 fully saturated rings. The Balaban J connectivity index is 0.000000513. The van der Waals surface area contributed by atoms with E-state index in [0.717, 1.165) is 96.0 Å². The highest BCUT2D eigenvalue weighted by Crippen LogP contribution is 2.03. The number of aromatic nitrogens is 19. The fourth-order valence-electron chi connectivity index (χ4n) is 6.57. The molecular weight excluding hydrogens is 1170 g/mol. The number of nitrogens with zero attached hydrogens (tertiary/aromatic N) is 19. The van der Waals surface area contributed by atoms with Crippen LogP contribution in [0, 0.1) is 151 Å². The molecule has 0 aliphatic carbocycles. The van der Waals surface area contributed by atoms with Crippen LogP contribution in [0.1, 0.15) is 119 Å². The molecule has 0 bridgehead atoms. The third-order valence-electron chi connectivity index (χ3n) is 11.7. The Kier molecular flexibility index (Phi) is 42.2. The zero-order chi connectivity index (χ0) is 70.1. The SMILES string of the molecule is Cc1cc(C)nc(C)c1.Cc1cc(C)ncn1.Cc1cc[n+]([O-])cc1.Cc1ccnc(C)c1.Cc1ccnc(C)n1.Cc1ccnc(C)n1.Cc1ccncc1.Cc1ccncc1C.Cc1ccncn1.Cc1cnc(C)nc1.Cc1cncnc1C.Cc1ncccn1. The summed E-state index contributed by atoms with van der Waals surface area (Å²) in [6.07, 6.45) is 30.8. The molecule has 12 heterocycles. The maximum Gasteiger partial charge on any atom is 0.180 e. The van der Waals surface area contributed by atoms with Gasteiger partial charge in [0.25, 0.3) is 0 Å². The van der Waals surface area contributed by atoms with Gasteiger partial charge >= 0.3 is 0 Å². The van der Waals surface area contributed by atoms with E-state index in [9.17, 15) is 5.21 Å². The van der Waals surface area contributed by atoms with Crippen LogP contribution >= 0.6 is 0 Å². The summed E-state index contributed by atoms with van der Waals surface area (Å²) >= 11 is 0. The molecule has 0 radical (unpaired) electrons. The van der Waals surface area contributed by atoms with Gasteiger partial charge in [-0.2, -0.15) is 4.73 Å². The maximum absolute atomic E-state index is 10.3. The van der Waals surface area contributed by atoms with Crippen molar-refractivity contribution in [1.29, 1.82) is 0 Å². The molecule has 12 rings (SSSR count). The van der Waals surface area contributed by atoms with Crippen molar-refractivity contribution < 1.29 is 4.73 Å². The molecule has 0 aliphatic heterocycles. The number of hydrogen-bond donors (Lipinski definition) is 0. The second kappa shape index (κ2) is 48.9. The van der Waals surface area contributed by atoms with E-state index in [4.69, 9.17) is 0 Å². The summed E-state index contributed by atoms with van der Waals surface area (Å²) in [7, 11) is 0. The molecule has 0 unspecified atom stereocenters. The fraction of sp³-hybridized carbons (Fsp3) is 0.284. The Hall–Kier alpha value is -10.9. The third kappa shape index (κ3) is 45.4. The molecule has 0 saturated carbocycles. The summed E-state index contributed by atoms with van der Waals surface area (Å²) in [5.41, 5.74) is 19.2. The minimum Gasteiger partial charge on any atom is -0.619 e. The van der Waals surface area contributed by atoms with Crippen LogP contribution in [0.5, 0.6) is 0 Å². The summed E-state index contributed by atoms with van der Waals surface area (Å²) < 4.78 is 0.771. The summed E-state index contributed by atoms with van der Waals surface area (Å²) in [4.78, 5) is 71.0. The largest absolute Gasteiger partial charge is 0.619 e. The van der Waals surface area contributed by atoms with E-state index in [1.54, 1.807) is 74.2 Å². The van der Waals surface area contributed by atoms with Gasteiger partial charge in [-0.3, -0.25) is 19.9 Å². The first-order valence-electron chi connectivity index (χ1n) is 30.1. The lowest BCUT2D eigenvalue weighted by molar-refractivity contribution is -0.605. The Morgan fingerprint density at radius 3 is 1.00 bits per heavy atom. The van der Waals surface area contributed by atoms with E-state index in [-0.39, 0.29) is 0 Å². The van der Waals surface area contributed by atoms with Crippen LogP contribution in [0.25, 0.3) is 0 Å². The van der Waals surface area contributed by atoms with E-state index < -0.39 is 0 Å². The Bertz CT molecular complexity index is 3330. The van der Waals surface area contributed by atoms with E-state index in [1.165, 1.54) is 46.5 Å².